The Labute approximate surface area is 249 Å². The molecule has 6 nitrogen and oxygen atoms in total. The number of halogens is 1. The molecule has 5 rings (SSSR count). The molecule has 0 fully saturated rings. The zero-order chi connectivity index (χ0) is 28.8. The smallest absolute Gasteiger partial charge is 0.232 e. The molecule has 0 spiro atoms. The van der Waals surface area contributed by atoms with Crippen molar-refractivity contribution in [1.82, 2.24) is 20.1 Å². The third-order valence-corrected chi connectivity index (χ3v) is 8.08. The van der Waals surface area contributed by atoms with E-state index in [4.69, 9.17) is 16.3 Å². The van der Waals surface area contributed by atoms with Crippen LogP contribution >= 0.6 is 23.4 Å². The third-order valence-electron chi connectivity index (χ3n) is 6.85. The lowest BCUT2D eigenvalue weighted by Gasteiger charge is -2.22. The highest BCUT2D eigenvalue weighted by atomic mass is 35.5. The van der Waals surface area contributed by atoms with Gasteiger partial charge in [-0.25, -0.2) is 0 Å². The summed E-state index contributed by atoms with van der Waals surface area (Å²) in [6, 6.07) is 32.9. The van der Waals surface area contributed by atoms with Crippen molar-refractivity contribution in [3.63, 3.8) is 0 Å². The second kappa shape index (κ2) is 13.1. The van der Waals surface area contributed by atoms with Crippen LogP contribution in [0.1, 0.15) is 47.0 Å². The van der Waals surface area contributed by atoms with Crippen LogP contribution in [0, 0.1) is 6.92 Å². The van der Waals surface area contributed by atoms with Gasteiger partial charge in [0.2, 0.25) is 5.91 Å². The Hall–Kier alpha value is -4.07. The molecule has 1 aromatic heterocycles. The lowest BCUT2D eigenvalue weighted by molar-refractivity contribution is -0.122. The van der Waals surface area contributed by atoms with Crippen LogP contribution in [0.2, 0.25) is 5.02 Å². The van der Waals surface area contributed by atoms with E-state index in [1.165, 1.54) is 0 Å². The SMILES string of the molecule is COc1cccc(CSc2nnc(C(C)NC(=O)C(c3ccccc3)c3ccccc3)n2-c2cc(Cl)ccc2C)c1. The first kappa shape index (κ1) is 28.5. The number of hydrogen-bond donors (Lipinski definition) is 1. The molecule has 1 unspecified atom stereocenters. The molecule has 0 radical (unpaired) electrons. The van der Waals surface area contributed by atoms with E-state index in [0.717, 1.165) is 33.7 Å². The molecule has 1 atom stereocenters. The monoisotopic (exact) mass is 582 g/mol. The molecule has 0 bridgehead atoms. The van der Waals surface area contributed by atoms with E-state index in [1.54, 1.807) is 18.9 Å². The Morgan fingerprint density at radius 3 is 2.27 bits per heavy atom. The number of hydrogen-bond acceptors (Lipinski definition) is 5. The molecule has 0 saturated carbocycles. The quantitative estimate of drug-likeness (QED) is 0.172. The summed E-state index contributed by atoms with van der Waals surface area (Å²) in [6.07, 6.45) is 0. The van der Waals surface area contributed by atoms with Crippen LogP contribution in [0.15, 0.2) is 108 Å². The van der Waals surface area contributed by atoms with Gasteiger partial charge in [-0.15, -0.1) is 10.2 Å². The number of nitrogens with zero attached hydrogens (tertiary/aromatic N) is 3. The summed E-state index contributed by atoms with van der Waals surface area (Å²) in [7, 11) is 1.66. The first-order chi connectivity index (χ1) is 19.9. The summed E-state index contributed by atoms with van der Waals surface area (Å²) in [6.45, 7) is 3.96. The number of thioether (sulfide) groups is 1. The molecule has 0 aliphatic carbocycles. The molecule has 4 aromatic carbocycles. The van der Waals surface area contributed by atoms with Gasteiger partial charge >= 0.3 is 0 Å². The summed E-state index contributed by atoms with van der Waals surface area (Å²) in [5.74, 6) is 1.51. The number of rotatable bonds is 10. The Bertz CT molecular complexity index is 1590. The number of nitrogens with one attached hydrogen (secondary N) is 1. The largest absolute Gasteiger partial charge is 0.497 e. The van der Waals surface area contributed by atoms with Gasteiger partial charge in [-0.3, -0.25) is 9.36 Å². The number of carbonyl (C=O) groups excluding carboxylic acids is 1. The predicted octanol–water partition coefficient (Wildman–Crippen LogP) is 7.54. The molecule has 41 heavy (non-hydrogen) atoms. The van der Waals surface area contributed by atoms with Gasteiger partial charge in [-0.2, -0.15) is 0 Å². The van der Waals surface area contributed by atoms with Gasteiger partial charge in [0, 0.05) is 10.8 Å². The highest BCUT2D eigenvalue weighted by Crippen LogP contribution is 2.32. The van der Waals surface area contributed by atoms with Gasteiger partial charge in [0.15, 0.2) is 11.0 Å². The summed E-state index contributed by atoms with van der Waals surface area (Å²) in [5, 5.41) is 13.7. The van der Waals surface area contributed by atoms with Crippen molar-refractivity contribution >= 4 is 29.3 Å². The van der Waals surface area contributed by atoms with E-state index in [0.29, 0.717) is 21.8 Å². The van der Waals surface area contributed by atoms with Crippen molar-refractivity contribution in [3.8, 4) is 11.4 Å². The number of benzene rings is 4. The number of aromatic nitrogens is 3. The fraction of sp³-hybridized carbons (Fsp3) is 0.182. The molecule has 0 aliphatic heterocycles. The number of ether oxygens (including phenoxy) is 1. The van der Waals surface area contributed by atoms with E-state index < -0.39 is 12.0 Å². The zero-order valence-corrected chi connectivity index (χ0v) is 24.7. The maximum Gasteiger partial charge on any atom is 0.232 e. The van der Waals surface area contributed by atoms with Crippen LogP contribution < -0.4 is 10.1 Å². The van der Waals surface area contributed by atoms with Gasteiger partial charge in [-0.05, 0) is 60.4 Å². The van der Waals surface area contributed by atoms with Crippen LogP contribution in [-0.2, 0) is 10.5 Å². The van der Waals surface area contributed by atoms with E-state index in [9.17, 15) is 4.79 Å². The highest BCUT2D eigenvalue weighted by molar-refractivity contribution is 7.98. The highest BCUT2D eigenvalue weighted by Gasteiger charge is 2.27. The van der Waals surface area contributed by atoms with Crippen molar-refractivity contribution in [2.24, 2.45) is 0 Å². The molecule has 5 aromatic rings. The van der Waals surface area contributed by atoms with Crippen molar-refractivity contribution in [2.45, 2.75) is 36.7 Å². The predicted molar refractivity (Wildman–Crippen MR) is 165 cm³/mol. The van der Waals surface area contributed by atoms with Gasteiger partial charge in [0.25, 0.3) is 0 Å². The summed E-state index contributed by atoms with van der Waals surface area (Å²) in [4.78, 5) is 13.9. The topological polar surface area (TPSA) is 69.0 Å². The molecule has 8 heteroatoms. The molecular formula is C33H31ClN4O2S. The van der Waals surface area contributed by atoms with Crippen LogP contribution in [0.25, 0.3) is 5.69 Å². The zero-order valence-electron chi connectivity index (χ0n) is 23.1. The van der Waals surface area contributed by atoms with E-state index in [1.807, 2.05) is 115 Å². The van der Waals surface area contributed by atoms with Crippen LogP contribution in [-0.4, -0.2) is 27.8 Å². The Morgan fingerprint density at radius 2 is 1.61 bits per heavy atom. The first-order valence-electron chi connectivity index (χ1n) is 13.3. The second-order valence-corrected chi connectivity index (χ2v) is 11.1. The van der Waals surface area contributed by atoms with E-state index in [-0.39, 0.29) is 5.91 Å². The van der Waals surface area contributed by atoms with Gasteiger partial charge in [-0.1, -0.05) is 102 Å². The van der Waals surface area contributed by atoms with Gasteiger partial charge < -0.3 is 10.1 Å². The van der Waals surface area contributed by atoms with Crippen LogP contribution in [0.3, 0.4) is 0 Å². The third kappa shape index (κ3) is 6.64. The number of amides is 1. The second-order valence-electron chi connectivity index (χ2n) is 9.73. The number of carbonyl (C=O) groups is 1. The molecular weight excluding hydrogens is 552 g/mol. The molecule has 1 amide bonds. The minimum atomic E-state index is -0.467. The van der Waals surface area contributed by atoms with Crippen LogP contribution in [0.4, 0.5) is 0 Å². The normalized spacial score (nSPS) is 11.8. The number of aryl methyl sites for hydroxylation is 1. The van der Waals surface area contributed by atoms with E-state index in [2.05, 4.69) is 21.6 Å². The molecule has 0 aliphatic rings. The first-order valence-corrected chi connectivity index (χ1v) is 14.7. The van der Waals surface area contributed by atoms with E-state index >= 15 is 0 Å². The lowest BCUT2D eigenvalue weighted by atomic mass is 9.90. The van der Waals surface area contributed by atoms with Gasteiger partial charge in [0.05, 0.1) is 24.8 Å². The summed E-state index contributed by atoms with van der Waals surface area (Å²) >= 11 is 8.01. The van der Waals surface area contributed by atoms with Gasteiger partial charge in [0.1, 0.15) is 5.75 Å². The maximum atomic E-state index is 13.9. The fourth-order valence-corrected chi connectivity index (χ4v) is 5.82. The Balaban J connectivity index is 1.48. The summed E-state index contributed by atoms with van der Waals surface area (Å²) < 4.78 is 7.38. The average molecular weight is 583 g/mol. The van der Waals surface area contributed by atoms with Crippen LogP contribution in [0.5, 0.6) is 5.75 Å². The van der Waals surface area contributed by atoms with Crippen molar-refractivity contribution < 1.29 is 9.53 Å². The molecule has 0 saturated heterocycles. The lowest BCUT2D eigenvalue weighted by Crippen LogP contribution is -2.33. The standard InChI is InChI=1S/C33H31ClN4O2S/c1-22-17-18-27(34)20-29(22)38-31(36-37-33(38)41-21-24-11-10-16-28(19-24)40-3)23(2)35-32(39)30(25-12-6-4-7-13-25)26-14-8-5-9-15-26/h4-20,23,30H,21H2,1-3H3,(H,35,39). The Morgan fingerprint density at radius 1 is 0.927 bits per heavy atom. The van der Waals surface area contributed by atoms with Crippen molar-refractivity contribution in [1.29, 1.82) is 0 Å². The molecule has 208 valence electrons. The minimum absolute atomic E-state index is 0.113. The molecule has 1 N–H and O–H groups in total. The fourth-order valence-electron chi connectivity index (χ4n) is 4.76. The minimum Gasteiger partial charge on any atom is -0.497 e. The van der Waals surface area contributed by atoms with Crippen molar-refractivity contribution in [2.75, 3.05) is 7.11 Å². The average Bonchev–Trinajstić information content (AvgIpc) is 3.42. The summed E-state index contributed by atoms with van der Waals surface area (Å²) in [5.41, 5.74) is 4.83. The maximum absolute atomic E-state index is 13.9. The van der Waals surface area contributed by atoms with Crippen molar-refractivity contribution in [3.05, 3.63) is 136 Å². The Kier molecular flexibility index (Phi) is 9.07. The molecule has 1 heterocycles. The number of methoxy groups -OCH3 is 1.